The van der Waals surface area contributed by atoms with Crippen LogP contribution in [0.2, 0.25) is 5.02 Å². The van der Waals surface area contributed by atoms with Gasteiger partial charge in [-0.1, -0.05) is 35.9 Å². The van der Waals surface area contributed by atoms with Crippen LogP contribution in [0.4, 0.5) is 5.69 Å². The number of anilines is 1. The summed E-state index contributed by atoms with van der Waals surface area (Å²) in [5.41, 5.74) is 3.15. The van der Waals surface area contributed by atoms with Crippen molar-refractivity contribution in [3.05, 3.63) is 64.7 Å². The van der Waals surface area contributed by atoms with Crippen LogP contribution in [0.25, 0.3) is 0 Å². The van der Waals surface area contributed by atoms with E-state index < -0.39 is 0 Å². The van der Waals surface area contributed by atoms with Gasteiger partial charge in [-0.05, 0) is 42.3 Å². The van der Waals surface area contributed by atoms with Crippen molar-refractivity contribution in [1.29, 1.82) is 0 Å². The molecule has 0 saturated carbocycles. The van der Waals surface area contributed by atoms with Crippen LogP contribution in [0.1, 0.15) is 11.1 Å². The maximum Gasteiger partial charge on any atom is 0.234 e. The van der Waals surface area contributed by atoms with Crippen LogP contribution < -0.4 is 5.32 Å². The summed E-state index contributed by atoms with van der Waals surface area (Å²) < 4.78 is 0. The fraction of sp³-hybridized carbons (Fsp3) is 0.188. The van der Waals surface area contributed by atoms with Gasteiger partial charge in [-0.25, -0.2) is 0 Å². The zero-order valence-corrected chi connectivity index (χ0v) is 12.8. The quantitative estimate of drug-likeness (QED) is 0.880. The van der Waals surface area contributed by atoms with Crippen molar-refractivity contribution in [3.63, 3.8) is 0 Å². The van der Waals surface area contributed by atoms with E-state index in [1.807, 2.05) is 55.5 Å². The Hall–Kier alpha value is -1.45. The summed E-state index contributed by atoms with van der Waals surface area (Å²) in [4.78, 5) is 11.8. The summed E-state index contributed by atoms with van der Waals surface area (Å²) in [6.45, 7) is 2.00. The molecule has 0 saturated heterocycles. The topological polar surface area (TPSA) is 29.1 Å². The summed E-state index contributed by atoms with van der Waals surface area (Å²) in [6.07, 6.45) is 0. The summed E-state index contributed by atoms with van der Waals surface area (Å²) in [5, 5.41) is 3.63. The highest BCUT2D eigenvalue weighted by atomic mass is 35.5. The largest absolute Gasteiger partial charge is 0.325 e. The molecule has 0 aliphatic heterocycles. The van der Waals surface area contributed by atoms with Crippen LogP contribution in [-0.2, 0) is 10.5 Å². The lowest BCUT2D eigenvalue weighted by Crippen LogP contribution is -2.14. The fourth-order valence-corrected chi connectivity index (χ4v) is 2.68. The number of aryl methyl sites for hydroxylation is 1. The summed E-state index contributed by atoms with van der Waals surface area (Å²) in [5.74, 6) is 1.27. The first-order valence-corrected chi connectivity index (χ1v) is 7.85. The van der Waals surface area contributed by atoms with Crippen LogP contribution in [0.3, 0.4) is 0 Å². The zero-order valence-electron chi connectivity index (χ0n) is 11.2. The monoisotopic (exact) mass is 305 g/mol. The third-order valence-corrected chi connectivity index (χ3v) is 3.97. The van der Waals surface area contributed by atoms with Gasteiger partial charge in [0.05, 0.1) is 5.75 Å². The minimum atomic E-state index is 0.0227. The number of amides is 1. The van der Waals surface area contributed by atoms with Gasteiger partial charge in [-0.3, -0.25) is 4.79 Å². The number of nitrogens with one attached hydrogen (secondary N) is 1. The zero-order chi connectivity index (χ0) is 14.4. The normalized spacial score (nSPS) is 10.3. The second kappa shape index (κ2) is 7.36. The molecule has 0 heterocycles. The molecular weight excluding hydrogens is 290 g/mol. The molecular formula is C16H16ClNOS. The van der Waals surface area contributed by atoms with Crippen molar-refractivity contribution in [1.82, 2.24) is 0 Å². The van der Waals surface area contributed by atoms with E-state index in [4.69, 9.17) is 11.6 Å². The highest BCUT2D eigenvalue weighted by Gasteiger charge is 2.03. The molecule has 1 N–H and O–H groups in total. The lowest BCUT2D eigenvalue weighted by Gasteiger charge is -2.06. The van der Waals surface area contributed by atoms with Crippen LogP contribution in [0.15, 0.2) is 48.5 Å². The van der Waals surface area contributed by atoms with Gasteiger partial charge in [-0.2, -0.15) is 0 Å². The van der Waals surface area contributed by atoms with E-state index in [-0.39, 0.29) is 5.91 Å². The molecule has 0 bridgehead atoms. The van der Waals surface area contributed by atoms with Gasteiger partial charge < -0.3 is 5.32 Å². The Bertz CT molecular complexity index is 583. The second-order valence-electron chi connectivity index (χ2n) is 4.54. The average molecular weight is 306 g/mol. The molecule has 0 radical (unpaired) electrons. The number of hydrogen-bond acceptors (Lipinski definition) is 2. The molecule has 0 aliphatic carbocycles. The molecule has 0 aromatic heterocycles. The van der Waals surface area contributed by atoms with Gasteiger partial charge in [-0.15, -0.1) is 11.8 Å². The molecule has 2 aromatic carbocycles. The number of halogens is 1. The first kappa shape index (κ1) is 14.9. The Balaban J connectivity index is 1.76. The summed E-state index contributed by atoms with van der Waals surface area (Å²) >= 11 is 7.42. The smallest absolute Gasteiger partial charge is 0.234 e. The van der Waals surface area contributed by atoms with E-state index >= 15 is 0 Å². The van der Waals surface area contributed by atoms with Crippen molar-refractivity contribution in [2.75, 3.05) is 11.1 Å². The first-order chi connectivity index (χ1) is 9.63. The molecule has 2 rings (SSSR count). The molecule has 0 spiro atoms. The van der Waals surface area contributed by atoms with Crippen LogP contribution >= 0.6 is 23.4 Å². The molecule has 104 valence electrons. The number of thioether (sulfide) groups is 1. The van der Waals surface area contributed by atoms with Gasteiger partial charge >= 0.3 is 0 Å². The fourth-order valence-electron chi connectivity index (χ4n) is 1.76. The van der Waals surface area contributed by atoms with Gasteiger partial charge in [0.25, 0.3) is 0 Å². The Morgan fingerprint density at radius 1 is 1.20 bits per heavy atom. The van der Waals surface area contributed by atoms with Crippen LogP contribution in [-0.4, -0.2) is 11.7 Å². The van der Waals surface area contributed by atoms with E-state index in [2.05, 4.69) is 5.32 Å². The molecule has 0 aliphatic rings. The van der Waals surface area contributed by atoms with Crippen molar-refractivity contribution in [3.8, 4) is 0 Å². The molecule has 0 fully saturated rings. The van der Waals surface area contributed by atoms with Gasteiger partial charge in [0.1, 0.15) is 0 Å². The summed E-state index contributed by atoms with van der Waals surface area (Å²) in [7, 11) is 0. The van der Waals surface area contributed by atoms with Gasteiger partial charge in [0.15, 0.2) is 0 Å². The second-order valence-corrected chi connectivity index (χ2v) is 5.96. The Kier molecular flexibility index (Phi) is 5.50. The van der Waals surface area contributed by atoms with E-state index in [9.17, 15) is 4.79 Å². The standard InChI is InChI=1S/C16H16ClNOS/c1-12-3-2-4-15(9-12)18-16(19)11-20-10-13-5-7-14(17)8-6-13/h2-9H,10-11H2,1H3,(H,18,19). The first-order valence-electron chi connectivity index (χ1n) is 6.32. The molecule has 2 nitrogen and oxygen atoms in total. The molecule has 0 unspecified atom stereocenters. The van der Waals surface area contributed by atoms with Crippen molar-refractivity contribution < 1.29 is 4.79 Å². The minimum absolute atomic E-state index is 0.0227. The lowest BCUT2D eigenvalue weighted by atomic mass is 10.2. The third-order valence-electron chi connectivity index (χ3n) is 2.72. The number of rotatable bonds is 5. The van der Waals surface area contributed by atoms with Gasteiger partial charge in [0.2, 0.25) is 5.91 Å². The predicted octanol–water partition coefficient (Wildman–Crippen LogP) is 4.52. The molecule has 20 heavy (non-hydrogen) atoms. The SMILES string of the molecule is Cc1cccc(NC(=O)CSCc2ccc(Cl)cc2)c1. The van der Waals surface area contributed by atoms with E-state index in [1.54, 1.807) is 11.8 Å². The average Bonchev–Trinajstić information content (AvgIpc) is 2.41. The molecule has 1 amide bonds. The number of hydrogen-bond donors (Lipinski definition) is 1. The van der Waals surface area contributed by atoms with E-state index in [1.165, 1.54) is 5.56 Å². The third kappa shape index (κ3) is 4.91. The van der Waals surface area contributed by atoms with Crippen LogP contribution in [0.5, 0.6) is 0 Å². The van der Waals surface area contributed by atoms with Crippen LogP contribution in [0, 0.1) is 6.92 Å². The maximum absolute atomic E-state index is 11.8. The van der Waals surface area contributed by atoms with E-state index in [0.717, 1.165) is 22.0 Å². The highest BCUT2D eigenvalue weighted by Crippen LogP contribution is 2.16. The highest BCUT2D eigenvalue weighted by molar-refractivity contribution is 7.99. The van der Waals surface area contributed by atoms with Crippen molar-refractivity contribution >= 4 is 35.0 Å². The minimum Gasteiger partial charge on any atom is -0.325 e. The lowest BCUT2D eigenvalue weighted by molar-refractivity contribution is -0.113. The molecule has 4 heteroatoms. The van der Waals surface area contributed by atoms with E-state index in [0.29, 0.717) is 5.75 Å². The maximum atomic E-state index is 11.8. The summed E-state index contributed by atoms with van der Waals surface area (Å²) in [6, 6.07) is 15.5. The molecule has 2 aromatic rings. The molecule has 0 atom stereocenters. The van der Waals surface area contributed by atoms with Crippen molar-refractivity contribution in [2.45, 2.75) is 12.7 Å². The predicted molar refractivity (Wildman–Crippen MR) is 87.4 cm³/mol. The number of carbonyl (C=O) groups excluding carboxylic acids is 1. The van der Waals surface area contributed by atoms with Gasteiger partial charge in [0, 0.05) is 16.5 Å². The van der Waals surface area contributed by atoms with Crippen molar-refractivity contribution in [2.24, 2.45) is 0 Å². The Labute approximate surface area is 128 Å². The number of benzene rings is 2. The Morgan fingerprint density at radius 3 is 2.65 bits per heavy atom. The number of carbonyl (C=O) groups is 1. The Morgan fingerprint density at radius 2 is 1.95 bits per heavy atom.